The Morgan fingerprint density at radius 3 is 2.71 bits per heavy atom. The fraction of sp³-hybridized carbons (Fsp3) is 0.600. The summed E-state index contributed by atoms with van der Waals surface area (Å²) in [6.07, 6.45) is 0.773. The van der Waals surface area contributed by atoms with Gasteiger partial charge in [0.1, 0.15) is 0 Å². The molecular weight excluding hydrogens is 288 g/mol. The fourth-order valence-corrected chi connectivity index (χ4v) is 4.27. The Hall–Kier alpha value is -0.950. The lowest BCUT2D eigenvalue weighted by Crippen LogP contribution is -2.40. The first-order chi connectivity index (χ1) is 10.0. The number of benzene rings is 1. The van der Waals surface area contributed by atoms with E-state index < -0.39 is 10.0 Å². The minimum atomic E-state index is -3.48. The van der Waals surface area contributed by atoms with Gasteiger partial charge in [-0.3, -0.25) is 0 Å². The third-order valence-electron chi connectivity index (χ3n) is 4.01. The molecule has 0 bridgehead atoms. The zero-order chi connectivity index (χ0) is 15.5. The van der Waals surface area contributed by atoms with Gasteiger partial charge in [0.25, 0.3) is 0 Å². The molecule has 6 heteroatoms. The van der Waals surface area contributed by atoms with Crippen LogP contribution in [0.15, 0.2) is 23.1 Å². The van der Waals surface area contributed by atoms with Gasteiger partial charge in [-0.2, -0.15) is 4.31 Å². The van der Waals surface area contributed by atoms with Crippen LogP contribution < -0.4 is 5.32 Å². The van der Waals surface area contributed by atoms with Gasteiger partial charge >= 0.3 is 0 Å². The van der Waals surface area contributed by atoms with Gasteiger partial charge < -0.3 is 10.1 Å². The smallest absolute Gasteiger partial charge is 0.243 e. The van der Waals surface area contributed by atoms with Gasteiger partial charge in [-0.05, 0) is 36.6 Å². The lowest BCUT2D eigenvalue weighted by molar-refractivity contribution is 0.167. The van der Waals surface area contributed by atoms with Gasteiger partial charge in [0.2, 0.25) is 10.0 Å². The minimum absolute atomic E-state index is 0.0449. The van der Waals surface area contributed by atoms with Crippen molar-refractivity contribution in [3.05, 3.63) is 29.3 Å². The molecule has 21 heavy (non-hydrogen) atoms. The van der Waals surface area contributed by atoms with E-state index in [4.69, 9.17) is 4.74 Å². The summed E-state index contributed by atoms with van der Waals surface area (Å²) in [7, 11) is -1.89. The molecule has 1 aliphatic rings. The zero-order valence-electron chi connectivity index (χ0n) is 12.9. The molecule has 1 unspecified atom stereocenters. The van der Waals surface area contributed by atoms with Crippen LogP contribution in [0, 0.1) is 0 Å². The van der Waals surface area contributed by atoms with E-state index in [1.54, 1.807) is 23.5 Å². The van der Waals surface area contributed by atoms with Crippen molar-refractivity contribution >= 4 is 10.0 Å². The molecule has 1 N–H and O–H groups in total. The van der Waals surface area contributed by atoms with Crippen LogP contribution in [-0.4, -0.2) is 39.0 Å². The second-order valence-corrected chi connectivity index (χ2v) is 7.29. The maximum atomic E-state index is 12.9. The molecule has 1 aliphatic heterocycles. The van der Waals surface area contributed by atoms with Gasteiger partial charge in [0.05, 0.1) is 11.5 Å². The summed E-state index contributed by atoms with van der Waals surface area (Å²) in [5.41, 5.74) is 2.26. The second-order valence-electron chi connectivity index (χ2n) is 5.40. The molecule has 1 atom stereocenters. The highest BCUT2D eigenvalue weighted by Gasteiger charge is 2.28. The van der Waals surface area contributed by atoms with Crippen molar-refractivity contribution in [1.82, 2.24) is 9.62 Å². The molecule has 0 aromatic heterocycles. The summed E-state index contributed by atoms with van der Waals surface area (Å²) in [5.74, 6) is 0. The summed E-state index contributed by atoms with van der Waals surface area (Å²) >= 11 is 0. The normalized spacial score (nSPS) is 16.2. The highest BCUT2D eigenvalue weighted by atomic mass is 32.2. The van der Waals surface area contributed by atoms with Crippen LogP contribution in [0.1, 0.15) is 31.4 Å². The van der Waals surface area contributed by atoms with Crippen molar-refractivity contribution < 1.29 is 13.2 Å². The Morgan fingerprint density at radius 1 is 1.33 bits per heavy atom. The molecule has 0 spiro atoms. The summed E-state index contributed by atoms with van der Waals surface area (Å²) in [6.45, 7) is 6.25. The Kier molecular flexibility index (Phi) is 5.37. The van der Waals surface area contributed by atoms with Crippen LogP contribution in [0.5, 0.6) is 0 Å². The van der Waals surface area contributed by atoms with E-state index in [1.807, 2.05) is 19.9 Å². The molecule has 1 aromatic carbocycles. The van der Waals surface area contributed by atoms with Gasteiger partial charge in [0.15, 0.2) is 0 Å². The van der Waals surface area contributed by atoms with Crippen LogP contribution in [0.4, 0.5) is 0 Å². The zero-order valence-corrected chi connectivity index (χ0v) is 13.7. The van der Waals surface area contributed by atoms with Crippen LogP contribution in [0.25, 0.3) is 0 Å². The average molecular weight is 312 g/mol. The number of sulfonamides is 1. The number of fused-ring (bicyclic) bond motifs is 1. The first kappa shape index (κ1) is 16.4. The van der Waals surface area contributed by atoms with Crippen LogP contribution in [0.2, 0.25) is 0 Å². The SMILES string of the molecule is CCC(C)N(CCOC)S(=O)(=O)c1ccc2c(c1)CNC2. The van der Waals surface area contributed by atoms with Crippen LogP contribution in [-0.2, 0) is 27.8 Å². The monoisotopic (exact) mass is 312 g/mol. The maximum absolute atomic E-state index is 12.9. The maximum Gasteiger partial charge on any atom is 0.243 e. The van der Waals surface area contributed by atoms with E-state index in [-0.39, 0.29) is 6.04 Å². The van der Waals surface area contributed by atoms with Crippen molar-refractivity contribution in [2.45, 2.75) is 44.3 Å². The van der Waals surface area contributed by atoms with Gasteiger partial charge in [0, 0.05) is 32.8 Å². The topological polar surface area (TPSA) is 58.6 Å². The molecule has 0 amide bonds. The quantitative estimate of drug-likeness (QED) is 0.833. The molecule has 0 aliphatic carbocycles. The first-order valence-electron chi connectivity index (χ1n) is 7.34. The number of methoxy groups -OCH3 is 1. The van der Waals surface area contributed by atoms with E-state index >= 15 is 0 Å². The van der Waals surface area contributed by atoms with Crippen molar-refractivity contribution in [2.24, 2.45) is 0 Å². The average Bonchev–Trinajstić information content (AvgIpc) is 2.94. The summed E-state index contributed by atoms with van der Waals surface area (Å²) in [4.78, 5) is 0.376. The Labute approximate surface area is 127 Å². The Morgan fingerprint density at radius 2 is 2.05 bits per heavy atom. The Balaban J connectivity index is 2.33. The van der Waals surface area contributed by atoms with Crippen molar-refractivity contribution in [3.63, 3.8) is 0 Å². The summed E-state index contributed by atoms with van der Waals surface area (Å²) < 4.78 is 32.4. The number of hydrogen-bond donors (Lipinski definition) is 1. The highest BCUT2D eigenvalue weighted by molar-refractivity contribution is 7.89. The first-order valence-corrected chi connectivity index (χ1v) is 8.78. The number of hydrogen-bond acceptors (Lipinski definition) is 4. The minimum Gasteiger partial charge on any atom is -0.383 e. The second kappa shape index (κ2) is 6.87. The largest absolute Gasteiger partial charge is 0.383 e. The van der Waals surface area contributed by atoms with E-state index in [0.717, 1.165) is 25.1 Å². The van der Waals surface area contributed by atoms with Crippen LogP contribution in [0.3, 0.4) is 0 Å². The van der Waals surface area contributed by atoms with Crippen molar-refractivity contribution in [2.75, 3.05) is 20.3 Å². The molecule has 0 saturated carbocycles. The van der Waals surface area contributed by atoms with Gasteiger partial charge in [-0.15, -0.1) is 0 Å². The molecule has 0 fully saturated rings. The standard InChI is InChI=1S/C15H24N2O3S/c1-4-12(2)17(7-8-20-3)21(18,19)15-6-5-13-10-16-11-14(13)9-15/h5-6,9,12,16H,4,7-8,10-11H2,1-3H3. The molecular formula is C15H24N2O3S. The summed E-state index contributed by atoms with van der Waals surface area (Å²) in [5, 5.41) is 3.24. The Bertz CT molecular complexity index is 587. The fourth-order valence-electron chi connectivity index (χ4n) is 2.53. The van der Waals surface area contributed by atoms with Crippen molar-refractivity contribution in [3.8, 4) is 0 Å². The van der Waals surface area contributed by atoms with E-state index in [0.29, 0.717) is 18.0 Å². The molecule has 2 rings (SSSR count). The molecule has 0 saturated heterocycles. The third kappa shape index (κ3) is 3.45. The molecule has 0 radical (unpaired) electrons. The highest BCUT2D eigenvalue weighted by Crippen LogP contribution is 2.24. The molecule has 118 valence electrons. The van der Waals surface area contributed by atoms with E-state index in [1.165, 1.54) is 5.56 Å². The van der Waals surface area contributed by atoms with E-state index in [9.17, 15) is 8.42 Å². The number of rotatable bonds is 7. The van der Waals surface area contributed by atoms with E-state index in [2.05, 4.69) is 5.32 Å². The molecule has 1 heterocycles. The molecule has 5 nitrogen and oxygen atoms in total. The van der Waals surface area contributed by atoms with Gasteiger partial charge in [-0.25, -0.2) is 8.42 Å². The summed E-state index contributed by atoms with van der Waals surface area (Å²) in [6, 6.07) is 5.38. The van der Waals surface area contributed by atoms with Crippen molar-refractivity contribution in [1.29, 1.82) is 0 Å². The predicted octanol–water partition coefficient (Wildman–Crippen LogP) is 1.73. The van der Waals surface area contributed by atoms with Gasteiger partial charge in [-0.1, -0.05) is 13.0 Å². The van der Waals surface area contributed by atoms with Crippen LogP contribution >= 0.6 is 0 Å². The predicted molar refractivity (Wildman–Crippen MR) is 82.5 cm³/mol. The number of nitrogens with one attached hydrogen (secondary N) is 1. The molecule has 1 aromatic rings. The third-order valence-corrected chi connectivity index (χ3v) is 6.02. The lowest BCUT2D eigenvalue weighted by Gasteiger charge is -2.27. The lowest BCUT2D eigenvalue weighted by atomic mass is 10.1. The number of ether oxygens (including phenoxy) is 1. The number of nitrogens with zero attached hydrogens (tertiary/aromatic N) is 1.